The molecule has 2 aliphatic heterocycles. The number of pyridine rings is 2. The van der Waals surface area contributed by atoms with Crippen LogP contribution in [-0.2, 0) is 13.1 Å². The van der Waals surface area contributed by atoms with E-state index in [9.17, 15) is 19.2 Å². The van der Waals surface area contributed by atoms with Crippen LogP contribution in [0.1, 0.15) is 60.0 Å². The van der Waals surface area contributed by atoms with E-state index in [4.69, 9.17) is 0 Å². The van der Waals surface area contributed by atoms with Crippen LogP contribution in [0.25, 0.3) is 0 Å². The topological polar surface area (TPSA) is 142 Å². The molecule has 5 rings (SSSR count). The summed E-state index contributed by atoms with van der Waals surface area (Å²) in [6, 6.07) is 16.8. The highest BCUT2D eigenvalue weighted by atomic mass is 16.2. The van der Waals surface area contributed by atoms with Gasteiger partial charge in [0.1, 0.15) is 22.8 Å². The molecular formula is C29H28N6O4. The van der Waals surface area contributed by atoms with E-state index in [2.05, 4.69) is 31.2 Å². The smallest absolute Gasteiger partial charge is 0.270 e. The normalized spacial score (nSPS) is 15.5. The first kappa shape index (κ1) is 26.9. The molecule has 10 nitrogen and oxygen atoms in total. The molecule has 1 aromatic carbocycles. The highest BCUT2D eigenvalue weighted by Gasteiger charge is 2.14. The third-order valence-electron chi connectivity index (χ3n) is 5.78. The maximum atomic E-state index is 12.6. The van der Waals surface area contributed by atoms with Crippen molar-refractivity contribution in [3.05, 3.63) is 118 Å². The molecule has 39 heavy (non-hydrogen) atoms. The summed E-state index contributed by atoms with van der Waals surface area (Å²) >= 11 is 0. The molecule has 4 heterocycles. The number of amides is 4. The molecule has 0 radical (unpaired) electrons. The van der Waals surface area contributed by atoms with Gasteiger partial charge in [-0.25, -0.2) is 9.97 Å². The predicted molar refractivity (Wildman–Crippen MR) is 145 cm³/mol. The molecule has 198 valence electrons. The van der Waals surface area contributed by atoms with Crippen LogP contribution in [0.3, 0.4) is 0 Å². The fourth-order valence-electron chi connectivity index (χ4n) is 3.61. The summed E-state index contributed by atoms with van der Waals surface area (Å²) < 4.78 is 0. The fraction of sp³-hybridized carbons (Fsp3) is 0.172. The van der Waals surface area contributed by atoms with Gasteiger partial charge in [-0.05, 0) is 42.3 Å². The predicted octanol–water partition coefficient (Wildman–Crippen LogP) is 2.31. The van der Waals surface area contributed by atoms with Gasteiger partial charge in [0.2, 0.25) is 0 Å². The van der Waals surface area contributed by atoms with Crippen molar-refractivity contribution in [3.63, 3.8) is 0 Å². The van der Waals surface area contributed by atoms with E-state index in [1.807, 2.05) is 37.3 Å². The summed E-state index contributed by atoms with van der Waals surface area (Å²) in [6.45, 7) is 2.91. The molecule has 10 heteroatoms. The lowest BCUT2D eigenvalue weighted by molar-refractivity contribution is 0.0928. The van der Waals surface area contributed by atoms with Crippen molar-refractivity contribution in [3.8, 4) is 0 Å². The molecule has 0 aliphatic carbocycles. The van der Waals surface area contributed by atoms with Crippen LogP contribution in [0, 0.1) is 0 Å². The molecule has 0 atom stereocenters. The third-order valence-corrected chi connectivity index (χ3v) is 5.78. The van der Waals surface area contributed by atoms with E-state index < -0.39 is 23.6 Å². The van der Waals surface area contributed by atoms with E-state index >= 15 is 0 Å². The minimum atomic E-state index is -0.402. The second-order valence-electron chi connectivity index (χ2n) is 8.83. The lowest BCUT2D eigenvalue weighted by Crippen LogP contribution is -2.28. The number of hydrogen-bond donors (Lipinski definition) is 4. The maximum absolute atomic E-state index is 12.6. The van der Waals surface area contributed by atoms with Crippen molar-refractivity contribution in [2.24, 2.45) is 0 Å². The van der Waals surface area contributed by atoms with Gasteiger partial charge in [0.05, 0.1) is 0 Å². The number of allylic oxidation sites excluding steroid dienone is 2. The van der Waals surface area contributed by atoms with E-state index in [0.29, 0.717) is 0 Å². The maximum Gasteiger partial charge on any atom is 0.270 e. The van der Waals surface area contributed by atoms with Crippen molar-refractivity contribution < 1.29 is 19.2 Å². The molecule has 2 aliphatic rings. The van der Waals surface area contributed by atoms with Crippen LogP contribution in [0.15, 0.2) is 84.5 Å². The molecule has 0 saturated carbocycles. The average molecular weight is 525 g/mol. The number of fused-ring (bicyclic) bond motifs is 13. The molecule has 4 amide bonds. The monoisotopic (exact) mass is 524 g/mol. The number of carbonyl (C=O) groups excluding carboxylic acids is 4. The number of nitrogens with one attached hydrogen (secondary N) is 4. The van der Waals surface area contributed by atoms with Gasteiger partial charge < -0.3 is 21.3 Å². The van der Waals surface area contributed by atoms with Crippen molar-refractivity contribution in [2.45, 2.75) is 20.0 Å². The number of benzene rings is 1. The number of aromatic nitrogens is 2. The number of hydrogen-bond acceptors (Lipinski definition) is 6. The Morgan fingerprint density at radius 3 is 1.44 bits per heavy atom. The minimum absolute atomic E-state index is 0.135. The first-order valence-corrected chi connectivity index (χ1v) is 12.4. The van der Waals surface area contributed by atoms with Crippen LogP contribution in [0.5, 0.6) is 0 Å². The lowest BCUT2D eigenvalue weighted by Gasteiger charge is -2.09. The van der Waals surface area contributed by atoms with E-state index in [1.54, 1.807) is 48.6 Å². The molecule has 0 unspecified atom stereocenters. The molecule has 2 aromatic heterocycles. The Balaban J connectivity index is 1.52. The van der Waals surface area contributed by atoms with Crippen LogP contribution in [0.2, 0.25) is 0 Å². The largest absolute Gasteiger partial charge is 0.347 e. The standard InChI is InChI=1S/C29H28N6O4/c1-19-6-2-3-15-30-26(36)22-7-4-9-24(34-22)28(38)32-17-20-11-13-21(14-12-20)18-33-29(39)25-10-5-8-23(35-25)27(37)31-16-19/h2-14H,15-18H2,1H3,(H,30,36)(H,31,37)(H,32,38)(H,33,39). The zero-order chi connectivity index (χ0) is 27.6. The molecule has 0 fully saturated rings. The summed E-state index contributed by atoms with van der Waals surface area (Å²) in [6.07, 6.45) is 5.32. The SMILES string of the molecule is CC1=CC=CCNC(=O)c2cccc(n2)C(=O)NCc2ccc(cc2)CNC(=O)c2cccc(n2)C(=O)NC1. The quantitative estimate of drug-likeness (QED) is 0.356. The zero-order valence-electron chi connectivity index (χ0n) is 21.4. The van der Waals surface area contributed by atoms with Gasteiger partial charge in [-0.1, -0.05) is 60.2 Å². The average Bonchev–Trinajstić information content (AvgIpc) is 2.97. The molecule has 3 aromatic rings. The first-order valence-electron chi connectivity index (χ1n) is 12.4. The molecule has 0 saturated heterocycles. The van der Waals surface area contributed by atoms with Crippen LogP contribution in [-0.4, -0.2) is 46.7 Å². The van der Waals surface area contributed by atoms with Gasteiger partial charge in [0, 0.05) is 26.2 Å². The Morgan fingerprint density at radius 1 is 0.564 bits per heavy atom. The summed E-state index contributed by atoms with van der Waals surface area (Å²) in [5.74, 6) is -1.59. The molecular weight excluding hydrogens is 496 g/mol. The second kappa shape index (κ2) is 12.9. The zero-order valence-corrected chi connectivity index (χ0v) is 21.4. The van der Waals surface area contributed by atoms with E-state index in [1.165, 1.54) is 0 Å². The molecule has 0 spiro atoms. The summed E-state index contributed by atoms with van der Waals surface area (Å²) in [5.41, 5.74) is 3.12. The number of carbonyl (C=O) groups is 4. The van der Waals surface area contributed by atoms with Gasteiger partial charge in [-0.3, -0.25) is 19.2 Å². The van der Waals surface area contributed by atoms with Crippen LogP contribution in [0.4, 0.5) is 0 Å². The van der Waals surface area contributed by atoms with Crippen LogP contribution < -0.4 is 21.3 Å². The van der Waals surface area contributed by atoms with Gasteiger partial charge in [-0.2, -0.15) is 0 Å². The highest BCUT2D eigenvalue weighted by Crippen LogP contribution is 2.07. The Bertz CT molecular complexity index is 1450. The number of rotatable bonds is 0. The van der Waals surface area contributed by atoms with Gasteiger partial charge in [-0.15, -0.1) is 0 Å². The van der Waals surface area contributed by atoms with Gasteiger partial charge >= 0.3 is 0 Å². The molecule has 6 bridgehead atoms. The van der Waals surface area contributed by atoms with Crippen molar-refractivity contribution in [1.29, 1.82) is 0 Å². The Morgan fingerprint density at radius 2 is 0.974 bits per heavy atom. The van der Waals surface area contributed by atoms with Gasteiger partial charge in [0.15, 0.2) is 0 Å². The van der Waals surface area contributed by atoms with Crippen molar-refractivity contribution in [1.82, 2.24) is 31.2 Å². The number of nitrogens with zero attached hydrogens (tertiary/aromatic N) is 2. The van der Waals surface area contributed by atoms with Crippen molar-refractivity contribution >= 4 is 23.6 Å². The lowest BCUT2D eigenvalue weighted by atomic mass is 10.1. The Labute approximate surface area is 225 Å². The van der Waals surface area contributed by atoms with Gasteiger partial charge in [0.25, 0.3) is 23.6 Å². The first-order chi connectivity index (χ1) is 18.9. The fourth-order valence-corrected chi connectivity index (χ4v) is 3.61. The third kappa shape index (κ3) is 7.68. The Hall–Kier alpha value is -5.12. The Kier molecular flexibility index (Phi) is 8.91. The highest BCUT2D eigenvalue weighted by molar-refractivity contribution is 5.97. The summed E-state index contributed by atoms with van der Waals surface area (Å²) in [4.78, 5) is 58.7. The summed E-state index contributed by atoms with van der Waals surface area (Å²) in [5, 5.41) is 11.1. The van der Waals surface area contributed by atoms with E-state index in [0.717, 1.165) is 16.7 Å². The summed E-state index contributed by atoms with van der Waals surface area (Å²) in [7, 11) is 0. The molecule has 4 N–H and O–H groups in total. The van der Waals surface area contributed by atoms with Crippen LogP contribution >= 0.6 is 0 Å². The van der Waals surface area contributed by atoms with E-state index in [-0.39, 0.29) is 49.0 Å². The minimum Gasteiger partial charge on any atom is -0.347 e. The van der Waals surface area contributed by atoms with Crippen molar-refractivity contribution in [2.75, 3.05) is 13.1 Å². The second-order valence-corrected chi connectivity index (χ2v) is 8.83.